The standard InChI is InChI=1S/C11H14F2S2/c1-7-4-9(14)10(5-8(7)2)15-6-11(3,12)13/h4-5,14H,6H2,1-3H3. The molecule has 0 unspecified atom stereocenters. The van der Waals surface area contributed by atoms with Gasteiger partial charge in [-0.3, -0.25) is 0 Å². The molecular weight excluding hydrogens is 234 g/mol. The normalized spacial score (nSPS) is 11.9. The molecule has 0 saturated heterocycles. The summed E-state index contributed by atoms with van der Waals surface area (Å²) in [6, 6.07) is 3.82. The smallest absolute Gasteiger partial charge is 0.206 e. The van der Waals surface area contributed by atoms with Crippen LogP contribution in [0.5, 0.6) is 0 Å². The first-order chi connectivity index (χ1) is 6.79. The van der Waals surface area contributed by atoms with E-state index >= 15 is 0 Å². The van der Waals surface area contributed by atoms with E-state index in [1.807, 2.05) is 26.0 Å². The molecule has 84 valence electrons. The van der Waals surface area contributed by atoms with Gasteiger partial charge in [0, 0.05) is 16.7 Å². The molecule has 15 heavy (non-hydrogen) atoms. The van der Waals surface area contributed by atoms with Crippen molar-refractivity contribution in [2.75, 3.05) is 5.75 Å². The van der Waals surface area contributed by atoms with Gasteiger partial charge in [-0.2, -0.15) is 0 Å². The van der Waals surface area contributed by atoms with E-state index < -0.39 is 5.92 Å². The average Bonchev–Trinajstić information content (AvgIpc) is 2.07. The Kier molecular flexibility index (Phi) is 4.06. The molecule has 0 amide bonds. The number of halogens is 2. The van der Waals surface area contributed by atoms with E-state index in [4.69, 9.17) is 0 Å². The zero-order valence-corrected chi connectivity index (χ0v) is 10.7. The van der Waals surface area contributed by atoms with E-state index in [1.54, 1.807) is 0 Å². The molecule has 0 nitrogen and oxygen atoms in total. The molecule has 1 aromatic rings. The molecule has 0 radical (unpaired) electrons. The van der Waals surface area contributed by atoms with Gasteiger partial charge in [-0.1, -0.05) is 0 Å². The Morgan fingerprint density at radius 3 is 2.33 bits per heavy atom. The lowest BCUT2D eigenvalue weighted by molar-refractivity contribution is 0.0492. The van der Waals surface area contributed by atoms with Crippen LogP contribution in [-0.4, -0.2) is 11.7 Å². The molecule has 0 atom stereocenters. The first-order valence-electron chi connectivity index (χ1n) is 4.60. The highest BCUT2D eigenvalue weighted by molar-refractivity contribution is 7.99. The predicted molar refractivity (Wildman–Crippen MR) is 64.5 cm³/mol. The molecule has 0 aliphatic carbocycles. The molecule has 0 bridgehead atoms. The highest BCUT2D eigenvalue weighted by atomic mass is 32.2. The molecule has 0 spiro atoms. The van der Waals surface area contributed by atoms with Crippen molar-refractivity contribution in [2.24, 2.45) is 0 Å². The second-order valence-corrected chi connectivity index (χ2v) is 5.26. The van der Waals surface area contributed by atoms with Crippen molar-refractivity contribution in [3.63, 3.8) is 0 Å². The van der Waals surface area contributed by atoms with Crippen LogP contribution in [-0.2, 0) is 0 Å². The molecule has 0 fully saturated rings. The molecule has 0 aliphatic heterocycles. The number of hydrogen-bond acceptors (Lipinski definition) is 2. The molecule has 0 aliphatic rings. The van der Waals surface area contributed by atoms with Crippen molar-refractivity contribution in [1.29, 1.82) is 0 Å². The topological polar surface area (TPSA) is 0 Å². The minimum atomic E-state index is -2.64. The lowest BCUT2D eigenvalue weighted by atomic mass is 10.1. The SMILES string of the molecule is Cc1cc(S)c(SCC(C)(F)F)cc1C. The van der Waals surface area contributed by atoms with E-state index in [0.717, 1.165) is 39.6 Å². The van der Waals surface area contributed by atoms with Gasteiger partial charge in [0.15, 0.2) is 0 Å². The van der Waals surface area contributed by atoms with Crippen molar-refractivity contribution < 1.29 is 8.78 Å². The van der Waals surface area contributed by atoms with Gasteiger partial charge in [0.2, 0.25) is 0 Å². The van der Waals surface area contributed by atoms with Crippen molar-refractivity contribution in [1.82, 2.24) is 0 Å². The summed E-state index contributed by atoms with van der Waals surface area (Å²) in [5, 5.41) is 0. The molecule has 1 aromatic carbocycles. The Balaban J connectivity index is 2.82. The third kappa shape index (κ3) is 4.03. The fraction of sp³-hybridized carbons (Fsp3) is 0.455. The second kappa shape index (κ2) is 4.74. The minimum absolute atomic E-state index is 0.205. The average molecular weight is 248 g/mol. The Hall–Kier alpha value is -0.220. The van der Waals surface area contributed by atoms with Gasteiger partial charge in [-0.05, 0) is 37.1 Å². The minimum Gasteiger partial charge on any atom is -0.206 e. The zero-order chi connectivity index (χ0) is 11.6. The Morgan fingerprint density at radius 1 is 1.27 bits per heavy atom. The number of hydrogen-bond donors (Lipinski definition) is 1. The summed E-state index contributed by atoms with van der Waals surface area (Å²) in [7, 11) is 0. The maximum Gasteiger partial charge on any atom is 0.254 e. The Morgan fingerprint density at radius 2 is 1.80 bits per heavy atom. The Labute approximate surface area is 98.9 Å². The van der Waals surface area contributed by atoms with Gasteiger partial charge >= 0.3 is 0 Å². The van der Waals surface area contributed by atoms with Crippen molar-refractivity contribution >= 4 is 24.4 Å². The van der Waals surface area contributed by atoms with Gasteiger partial charge in [0.25, 0.3) is 5.92 Å². The predicted octanol–water partition coefficient (Wildman–Crippen LogP) is 4.34. The van der Waals surface area contributed by atoms with Gasteiger partial charge in [0.05, 0.1) is 5.75 Å². The molecular formula is C11H14F2S2. The number of benzene rings is 1. The summed E-state index contributed by atoms with van der Waals surface area (Å²) >= 11 is 5.43. The van der Waals surface area contributed by atoms with Crippen LogP contribution >= 0.6 is 24.4 Å². The van der Waals surface area contributed by atoms with Crippen molar-refractivity contribution in [3.05, 3.63) is 23.3 Å². The fourth-order valence-corrected chi connectivity index (χ4v) is 2.42. The largest absolute Gasteiger partial charge is 0.254 e. The second-order valence-electron chi connectivity index (χ2n) is 3.76. The first kappa shape index (κ1) is 12.8. The van der Waals surface area contributed by atoms with Crippen LogP contribution in [0, 0.1) is 13.8 Å². The molecule has 0 aromatic heterocycles. The maximum absolute atomic E-state index is 12.7. The third-order valence-corrected chi connectivity index (χ3v) is 3.88. The summed E-state index contributed by atoms with van der Waals surface area (Å²) < 4.78 is 25.3. The van der Waals surface area contributed by atoms with E-state index in [2.05, 4.69) is 12.6 Å². The molecule has 0 N–H and O–H groups in total. The molecule has 0 saturated carbocycles. The van der Waals surface area contributed by atoms with Gasteiger partial charge in [-0.15, -0.1) is 24.4 Å². The number of thioether (sulfide) groups is 1. The number of alkyl halides is 2. The van der Waals surface area contributed by atoms with Gasteiger partial charge in [-0.25, -0.2) is 8.78 Å². The van der Waals surface area contributed by atoms with Crippen LogP contribution in [0.4, 0.5) is 8.78 Å². The quantitative estimate of drug-likeness (QED) is 0.613. The summed E-state index contributed by atoms with van der Waals surface area (Å²) in [5.41, 5.74) is 2.24. The lowest BCUT2D eigenvalue weighted by Gasteiger charge is -2.12. The van der Waals surface area contributed by atoms with Crippen molar-refractivity contribution in [3.8, 4) is 0 Å². The summed E-state index contributed by atoms with van der Waals surface area (Å²) in [5.74, 6) is -2.84. The Bertz CT molecular complexity index is 356. The first-order valence-corrected chi connectivity index (χ1v) is 6.04. The number of thiol groups is 1. The third-order valence-electron chi connectivity index (χ3n) is 2.06. The van der Waals surface area contributed by atoms with E-state index in [-0.39, 0.29) is 5.75 Å². The number of rotatable bonds is 3. The highest BCUT2D eigenvalue weighted by Crippen LogP contribution is 2.32. The fourth-order valence-electron chi connectivity index (χ4n) is 1.09. The van der Waals surface area contributed by atoms with Crippen LogP contribution in [0.3, 0.4) is 0 Å². The summed E-state index contributed by atoms with van der Waals surface area (Å²) in [6.07, 6.45) is 0. The zero-order valence-electron chi connectivity index (χ0n) is 8.97. The monoisotopic (exact) mass is 248 g/mol. The van der Waals surface area contributed by atoms with Gasteiger partial charge < -0.3 is 0 Å². The van der Waals surface area contributed by atoms with E-state index in [9.17, 15) is 8.78 Å². The highest BCUT2D eigenvalue weighted by Gasteiger charge is 2.21. The van der Waals surface area contributed by atoms with Crippen LogP contribution in [0.25, 0.3) is 0 Å². The van der Waals surface area contributed by atoms with Crippen LogP contribution < -0.4 is 0 Å². The number of aryl methyl sites for hydroxylation is 2. The van der Waals surface area contributed by atoms with Crippen LogP contribution in [0.15, 0.2) is 21.9 Å². The maximum atomic E-state index is 12.7. The van der Waals surface area contributed by atoms with Crippen LogP contribution in [0.2, 0.25) is 0 Å². The van der Waals surface area contributed by atoms with Crippen LogP contribution in [0.1, 0.15) is 18.1 Å². The molecule has 4 heteroatoms. The summed E-state index contributed by atoms with van der Waals surface area (Å²) in [6.45, 7) is 4.88. The van der Waals surface area contributed by atoms with E-state index in [0.29, 0.717) is 0 Å². The lowest BCUT2D eigenvalue weighted by Crippen LogP contribution is -2.12. The molecule has 0 heterocycles. The van der Waals surface area contributed by atoms with Gasteiger partial charge in [0.1, 0.15) is 0 Å². The molecule has 1 rings (SSSR count). The van der Waals surface area contributed by atoms with Crippen molar-refractivity contribution in [2.45, 2.75) is 36.5 Å². The summed E-state index contributed by atoms with van der Waals surface area (Å²) in [4.78, 5) is 1.59. The van der Waals surface area contributed by atoms with E-state index in [1.165, 1.54) is 0 Å².